The fourth-order valence-corrected chi connectivity index (χ4v) is 3.07. The van der Waals surface area contributed by atoms with Gasteiger partial charge in [-0.2, -0.15) is 11.8 Å². The van der Waals surface area contributed by atoms with Gasteiger partial charge in [0.15, 0.2) is 0 Å². The van der Waals surface area contributed by atoms with Crippen molar-refractivity contribution in [3.05, 3.63) is 0 Å². The van der Waals surface area contributed by atoms with Gasteiger partial charge in [-0.3, -0.25) is 0 Å². The summed E-state index contributed by atoms with van der Waals surface area (Å²) in [5.74, 6) is 1.27. The van der Waals surface area contributed by atoms with Gasteiger partial charge in [-0.25, -0.2) is 0 Å². The molecule has 0 spiro atoms. The maximum Gasteiger partial charge on any atom is 0.0619 e. The van der Waals surface area contributed by atoms with Crippen LogP contribution >= 0.6 is 11.8 Å². The van der Waals surface area contributed by atoms with Gasteiger partial charge in [-0.15, -0.1) is 0 Å². The minimum absolute atomic E-state index is 0.442. The van der Waals surface area contributed by atoms with Crippen LogP contribution in [0.25, 0.3) is 0 Å². The van der Waals surface area contributed by atoms with Crippen LogP contribution in [0.5, 0.6) is 0 Å². The Morgan fingerprint density at radius 3 is 2.77 bits per heavy atom. The Balaban J connectivity index is 1.77. The molecule has 0 amide bonds. The molecular weight excluding hydrogens is 182 g/mol. The molecule has 0 saturated carbocycles. The van der Waals surface area contributed by atoms with Crippen LogP contribution in [0.3, 0.4) is 0 Å². The monoisotopic (exact) mass is 201 g/mol. The molecule has 0 radical (unpaired) electrons. The fourth-order valence-electron chi connectivity index (χ4n) is 1.91. The maximum atomic E-state index is 5.45. The highest BCUT2D eigenvalue weighted by atomic mass is 32.2. The van der Waals surface area contributed by atoms with Gasteiger partial charge in [-0.05, 0) is 26.7 Å². The van der Waals surface area contributed by atoms with E-state index in [0.29, 0.717) is 16.8 Å². The van der Waals surface area contributed by atoms with Crippen LogP contribution in [0, 0.1) is 0 Å². The first kappa shape index (κ1) is 9.81. The zero-order valence-electron chi connectivity index (χ0n) is 8.51. The largest absolute Gasteiger partial charge is 0.380 e. The third kappa shape index (κ3) is 2.20. The number of rotatable bonds is 2. The standard InChI is InChI=1S/C10H19NOS/c1-10(2)9(7-13-10)11-8-4-3-5-12-6-8/h8-9,11H,3-7H2,1-2H3. The van der Waals surface area contributed by atoms with E-state index in [2.05, 4.69) is 30.9 Å². The highest BCUT2D eigenvalue weighted by molar-refractivity contribution is 8.02. The third-order valence-corrected chi connectivity index (χ3v) is 4.59. The molecule has 2 atom stereocenters. The molecule has 2 nitrogen and oxygen atoms in total. The summed E-state index contributed by atoms with van der Waals surface area (Å²) in [7, 11) is 0. The Labute approximate surface area is 84.8 Å². The molecule has 1 N–H and O–H groups in total. The quantitative estimate of drug-likeness (QED) is 0.734. The van der Waals surface area contributed by atoms with E-state index in [1.165, 1.54) is 18.6 Å². The predicted octanol–water partition coefficient (Wildman–Crippen LogP) is 1.65. The smallest absolute Gasteiger partial charge is 0.0619 e. The minimum atomic E-state index is 0.442. The van der Waals surface area contributed by atoms with Gasteiger partial charge in [0.1, 0.15) is 0 Å². The van der Waals surface area contributed by atoms with Crippen molar-refractivity contribution in [2.75, 3.05) is 19.0 Å². The van der Waals surface area contributed by atoms with Crippen molar-refractivity contribution in [3.63, 3.8) is 0 Å². The van der Waals surface area contributed by atoms with Crippen molar-refractivity contribution in [2.24, 2.45) is 0 Å². The van der Waals surface area contributed by atoms with Gasteiger partial charge in [-0.1, -0.05) is 0 Å². The Bertz CT molecular complexity index is 178. The third-order valence-electron chi connectivity index (χ3n) is 3.06. The highest BCUT2D eigenvalue weighted by Gasteiger charge is 2.40. The van der Waals surface area contributed by atoms with Crippen molar-refractivity contribution >= 4 is 11.8 Å². The van der Waals surface area contributed by atoms with Crippen LogP contribution in [-0.4, -0.2) is 35.8 Å². The molecule has 0 aliphatic carbocycles. The number of hydrogen-bond donors (Lipinski definition) is 1. The Morgan fingerprint density at radius 2 is 2.31 bits per heavy atom. The van der Waals surface area contributed by atoms with Gasteiger partial charge in [0.05, 0.1) is 6.61 Å². The van der Waals surface area contributed by atoms with Crippen LogP contribution in [0.1, 0.15) is 26.7 Å². The van der Waals surface area contributed by atoms with E-state index >= 15 is 0 Å². The minimum Gasteiger partial charge on any atom is -0.380 e. The van der Waals surface area contributed by atoms with Crippen molar-refractivity contribution < 1.29 is 4.74 Å². The van der Waals surface area contributed by atoms with Crippen LogP contribution in [-0.2, 0) is 4.74 Å². The van der Waals surface area contributed by atoms with Crippen LogP contribution in [0.2, 0.25) is 0 Å². The van der Waals surface area contributed by atoms with E-state index in [-0.39, 0.29) is 0 Å². The average molecular weight is 201 g/mol. The van der Waals surface area contributed by atoms with Gasteiger partial charge in [0.2, 0.25) is 0 Å². The molecule has 2 heterocycles. The lowest BCUT2D eigenvalue weighted by Gasteiger charge is -2.46. The summed E-state index contributed by atoms with van der Waals surface area (Å²) < 4.78 is 5.89. The summed E-state index contributed by atoms with van der Waals surface area (Å²) in [6, 6.07) is 1.31. The summed E-state index contributed by atoms with van der Waals surface area (Å²) in [4.78, 5) is 0. The molecule has 2 unspecified atom stereocenters. The first-order valence-corrected chi connectivity index (χ1v) is 6.15. The molecule has 13 heavy (non-hydrogen) atoms. The van der Waals surface area contributed by atoms with E-state index < -0.39 is 0 Å². The van der Waals surface area contributed by atoms with Crippen molar-refractivity contribution in [2.45, 2.75) is 43.5 Å². The van der Waals surface area contributed by atoms with Crippen molar-refractivity contribution in [3.8, 4) is 0 Å². The lowest BCUT2D eigenvalue weighted by Crippen LogP contribution is -2.58. The Hall–Kier alpha value is 0.270. The zero-order valence-corrected chi connectivity index (χ0v) is 9.32. The molecule has 2 rings (SSSR count). The number of ether oxygens (including phenoxy) is 1. The van der Waals surface area contributed by atoms with Crippen molar-refractivity contribution in [1.29, 1.82) is 0 Å². The molecule has 2 aliphatic rings. The van der Waals surface area contributed by atoms with Crippen LogP contribution in [0.4, 0.5) is 0 Å². The lowest BCUT2D eigenvalue weighted by atomic mass is 10.0. The van der Waals surface area contributed by atoms with E-state index in [0.717, 1.165) is 13.2 Å². The van der Waals surface area contributed by atoms with Gasteiger partial charge < -0.3 is 10.1 Å². The first-order valence-electron chi connectivity index (χ1n) is 5.16. The molecule has 2 fully saturated rings. The van der Waals surface area contributed by atoms with E-state index in [4.69, 9.17) is 4.74 Å². The molecule has 3 heteroatoms. The van der Waals surface area contributed by atoms with Crippen LogP contribution < -0.4 is 5.32 Å². The molecular formula is C10H19NOS. The molecule has 2 aliphatic heterocycles. The zero-order chi connectivity index (χ0) is 9.31. The van der Waals surface area contributed by atoms with Gasteiger partial charge >= 0.3 is 0 Å². The fraction of sp³-hybridized carbons (Fsp3) is 1.00. The second-order valence-electron chi connectivity index (χ2n) is 4.55. The molecule has 0 aromatic rings. The predicted molar refractivity (Wildman–Crippen MR) is 57.3 cm³/mol. The second-order valence-corrected chi connectivity index (χ2v) is 6.22. The molecule has 2 saturated heterocycles. The first-order chi connectivity index (χ1) is 6.18. The normalized spacial score (nSPS) is 38.3. The number of hydrogen-bond acceptors (Lipinski definition) is 3. The van der Waals surface area contributed by atoms with Crippen molar-refractivity contribution in [1.82, 2.24) is 5.32 Å². The lowest BCUT2D eigenvalue weighted by molar-refractivity contribution is 0.0652. The van der Waals surface area contributed by atoms with Gasteiger partial charge in [0.25, 0.3) is 0 Å². The Morgan fingerprint density at radius 1 is 1.46 bits per heavy atom. The molecule has 0 bridgehead atoms. The Kier molecular flexibility index (Phi) is 2.86. The van der Waals surface area contributed by atoms with E-state index in [1.807, 2.05) is 0 Å². The SMILES string of the molecule is CC1(C)SCC1NC1CCCOC1. The number of thioether (sulfide) groups is 1. The topological polar surface area (TPSA) is 21.3 Å². The highest BCUT2D eigenvalue weighted by Crippen LogP contribution is 2.40. The maximum absolute atomic E-state index is 5.45. The van der Waals surface area contributed by atoms with Gasteiger partial charge in [0, 0.05) is 29.2 Å². The van der Waals surface area contributed by atoms with Crippen LogP contribution in [0.15, 0.2) is 0 Å². The molecule has 76 valence electrons. The van der Waals surface area contributed by atoms with E-state index in [9.17, 15) is 0 Å². The summed E-state index contributed by atoms with van der Waals surface area (Å²) >= 11 is 2.06. The van der Waals surface area contributed by atoms with E-state index in [1.54, 1.807) is 0 Å². The molecule has 0 aromatic carbocycles. The molecule has 0 aromatic heterocycles. The second kappa shape index (κ2) is 3.79. The summed E-state index contributed by atoms with van der Waals surface area (Å²) in [6.45, 7) is 6.52. The summed E-state index contributed by atoms with van der Waals surface area (Å²) in [5.41, 5.74) is 0. The number of nitrogens with one attached hydrogen (secondary N) is 1. The summed E-state index contributed by atoms with van der Waals surface area (Å²) in [5, 5.41) is 3.70. The summed E-state index contributed by atoms with van der Waals surface area (Å²) in [6.07, 6.45) is 2.51. The average Bonchev–Trinajstić information content (AvgIpc) is 2.15.